The third-order valence-electron chi connectivity index (χ3n) is 9.72. The number of nitrogens with one attached hydrogen (secondary N) is 3. The van der Waals surface area contributed by atoms with Gasteiger partial charge in [0.15, 0.2) is 0 Å². The zero-order chi connectivity index (χ0) is 31.9. The van der Waals surface area contributed by atoms with Crippen molar-refractivity contribution >= 4 is 33.7 Å². The smallest absolute Gasteiger partial charge is 0.251 e. The van der Waals surface area contributed by atoms with Crippen molar-refractivity contribution in [3.8, 4) is 11.5 Å². The van der Waals surface area contributed by atoms with Gasteiger partial charge < -0.3 is 19.9 Å². The number of hydrogen-bond acceptors (Lipinski definition) is 7. The molecule has 0 radical (unpaired) electrons. The Labute approximate surface area is 272 Å². The summed E-state index contributed by atoms with van der Waals surface area (Å²) in [5.74, 6) is 2.16. The number of amides is 2. The summed E-state index contributed by atoms with van der Waals surface area (Å²) in [6.07, 6.45) is 9.96. The normalized spacial score (nSPS) is 21.2. The SMILES string of the molecule is CCC1CCC(N2CCC(NC(=O)c3ccc(CN4CCCC4=O)c(Oc4ccc(C(=N)SC(=N)C(C)C)cc4)c3)CC2)CC1. The third kappa shape index (κ3) is 8.76. The molecule has 2 saturated heterocycles. The van der Waals surface area contributed by atoms with Crippen LogP contribution in [0.5, 0.6) is 11.5 Å². The minimum atomic E-state index is -0.0982. The molecule has 2 aromatic carbocycles. The lowest BCUT2D eigenvalue weighted by molar-refractivity contribution is -0.128. The molecule has 1 aliphatic carbocycles. The molecule has 0 atom stereocenters. The molecule has 0 bridgehead atoms. The molecule has 0 aromatic heterocycles. The second kappa shape index (κ2) is 15.4. The second-order valence-electron chi connectivity index (χ2n) is 13.2. The number of nitrogens with zero attached hydrogens (tertiary/aromatic N) is 2. The molecular weight excluding hydrogens is 582 g/mol. The molecule has 3 fully saturated rings. The van der Waals surface area contributed by atoms with E-state index in [2.05, 4.69) is 17.1 Å². The predicted molar refractivity (Wildman–Crippen MR) is 183 cm³/mol. The molecule has 1 saturated carbocycles. The van der Waals surface area contributed by atoms with Crippen molar-refractivity contribution in [2.45, 2.75) is 97.2 Å². The second-order valence-corrected chi connectivity index (χ2v) is 14.2. The van der Waals surface area contributed by atoms with Crippen molar-refractivity contribution < 1.29 is 14.3 Å². The Bertz CT molecular complexity index is 1360. The summed E-state index contributed by atoms with van der Waals surface area (Å²) in [7, 11) is 0. The molecule has 45 heavy (non-hydrogen) atoms. The quantitative estimate of drug-likeness (QED) is 0.186. The molecule has 2 aromatic rings. The average Bonchev–Trinajstić information content (AvgIpc) is 3.46. The van der Waals surface area contributed by atoms with E-state index in [9.17, 15) is 9.59 Å². The number of benzene rings is 2. The third-order valence-corrected chi connectivity index (χ3v) is 10.8. The van der Waals surface area contributed by atoms with E-state index in [1.807, 2.05) is 55.1 Å². The van der Waals surface area contributed by atoms with Gasteiger partial charge in [0.25, 0.3) is 5.91 Å². The van der Waals surface area contributed by atoms with Crippen molar-refractivity contribution in [3.63, 3.8) is 0 Å². The zero-order valence-electron chi connectivity index (χ0n) is 27.1. The molecule has 2 aliphatic heterocycles. The topological polar surface area (TPSA) is 110 Å². The maximum atomic E-state index is 13.4. The number of hydrogen-bond donors (Lipinski definition) is 3. The van der Waals surface area contributed by atoms with Gasteiger partial charge in [0.2, 0.25) is 5.91 Å². The lowest BCUT2D eigenvalue weighted by Gasteiger charge is -2.41. The first-order chi connectivity index (χ1) is 21.7. The van der Waals surface area contributed by atoms with Crippen molar-refractivity contribution in [3.05, 3.63) is 59.2 Å². The summed E-state index contributed by atoms with van der Waals surface area (Å²) in [4.78, 5) is 30.3. The molecule has 5 rings (SSSR count). The van der Waals surface area contributed by atoms with Crippen LogP contribution in [0.15, 0.2) is 42.5 Å². The number of ether oxygens (including phenoxy) is 1. The Morgan fingerprint density at radius 2 is 1.67 bits per heavy atom. The highest BCUT2D eigenvalue weighted by atomic mass is 32.2. The zero-order valence-corrected chi connectivity index (χ0v) is 27.9. The van der Waals surface area contributed by atoms with Crippen molar-refractivity contribution in [1.29, 1.82) is 10.8 Å². The van der Waals surface area contributed by atoms with E-state index in [0.29, 0.717) is 51.7 Å². The first-order valence-corrected chi connectivity index (χ1v) is 17.6. The Morgan fingerprint density at radius 1 is 0.978 bits per heavy atom. The van der Waals surface area contributed by atoms with Gasteiger partial charge in [0.05, 0.1) is 5.04 Å². The molecule has 3 aliphatic rings. The van der Waals surface area contributed by atoms with Gasteiger partial charge in [-0.3, -0.25) is 20.4 Å². The van der Waals surface area contributed by atoms with Crippen LogP contribution in [-0.2, 0) is 11.3 Å². The number of rotatable bonds is 10. The number of likely N-dealkylation sites (tertiary alicyclic amines) is 2. The molecule has 242 valence electrons. The van der Waals surface area contributed by atoms with E-state index in [4.69, 9.17) is 15.6 Å². The summed E-state index contributed by atoms with van der Waals surface area (Å²) >= 11 is 1.16. The Kier molecular flexibility index (Phi) is 11.4. The van der Waals surface area contributed by atoms with E-state index in [-0.39, 0.29) is 23.8 Å². The van der Waals surface area contributed by atoms with E-state index in [1.165, 1.54) is 32.1 Å². The monoisotopic (exact) mass is 631 g/mol. The standard InChI is InChI=1S/C36H49N5O3S/c1-4-25-7-13-30(14-8-25)40-20-17-29(18-21-40)39-36(43)27-9-10-28(23-41-19-5-6-33(41)42)32(22-27)44-31-15-11-26(12-16-31)35(38)45-34(37)24(2)3/h9-12,15-16,22,24-25,29-30,37-38H,4-8,13-14,17-21,23H2,1-3H3,(H,39,43). The number of carbonyl (C=O) groups excluding carboxylic acids is 2. The summed E-state index contributed by atoms with van der Waals surface area (Å²) < 4.78 is 6.34. The summed E-state index contributed by atoms with van der Waals surface area (Å²) in [5, 5.41) is 20.5. The molecule has 2 heterocycles. The lowest BCUT2D eigenvalue weighted by atomic mass is 9.83. The van der Waals surface area contributed by atoms with E-state index < -0.39 is 0 Å². The lowest BCUT2D eigenvalue weighted by Crippen LogP contribution is -2.48. The van der Waals surface area contributed by atoms with Crippen LogP contribution in [0, 0.1) is 22.7 Å². The first-order valence-electron chi connectivity index (χ1n) is 16.8. The number of thioether (sulfide) groups is 1. The average molecular weight is 632 g/mol. The van der Waals surface area contributed by atoms with Crippen molar-refractivity contribution in [1.82, 2.24) is 15.1 Å². The van der Waals surface area contributed by atoms with Crippen LogP contribution < -0.4 is 10.1 Å². The van der Waals surface area contributed by atoms with E-state index in [0.717, 1.165) is 62.1 Å². The van der Waals surface area contributed by atoms with Gasteiger partial charge in [0, 0.05) is 67.3 Å². The summed E-state index contributed by atoms with van der Waals surface area (Å²) in [5.41, 5.74) is 2.11. The van der Waals surface area contributed by atoms with Gasteiger partial charge >= 0.3 is 0 Å². The van der Waals surface area contributed by atoms with Crippen LogP contribution >= 0.6 is 11.8 Å². The minimum absolute atomic E-state index is 0.0754. The maximum Gasteiger partial charge on any atom is 0.251 e. The maximum absolute atomic E-state index is 13.4. The molecule has 0 spiro atoms. The van der Waals surface area contributed by atoms with Crippen LogP contribution in [0.2, 0.25) is 0 Å². The molecule has 9 heteroatoms. The molecule has 0 unspecified atom stereocenters. The van der Waals surface area contributed by atoms with Crippen LogP contribution in [0.25, 0.3) is 0 Å². The fourth-order valence-corrected chi connectivity index (χ4v) is 7.39. The van der Waals surface area contributed by atoms with Gasteiger partial charge in [-0.25, -0.2) is 0 Å². The van der Waals surface area contributed by atoms with Gasteiger partial charge in [-0.05, 0) is 87.3 Å². The highest BCUT2D eigenvalue weighted by molar-refractivity contribution is 8.26. The van der Waals surface area contributed by atoms with Gasteiger partial charge in [0.1, 0.15) is 16.5 Å². The van der Waals surface area contributed by atoms with Crippen LogP contribution in [-0.4, -0.2) is 63.4 Å². The predicted octanol–water partition coefficient (Wildman–Crippen LogP) is 7.46. The molecule has 3 N–H and O–H groups in total. The summed E-state index contributed by atoms with van der Waals surface area (Å²) in [6, 6.07) is 13.7. The van der Waals surface area contributed by atoms with Crippen LogP contribution in [0.4, 0.5) is 0 Å². The number of piperidine rings is 1. The van der Waals surface area contributed by atoms with Gasteiger partial charge in [-0.15, -0.1) is 0 Å². The van der Waals surface area contributed by atoms with Crippen LogP contribution in [0.1, 0.15) is 100 Å². The van der Waals surface area contributed by atoms with Crippen LogP contribution in [0.3, 0.4) is 0 Å². The number of carbonyl (C=O) groups is 2. The molecule has 2 amide bonds. The largest absolute Gasteiger partial charge is 0.457 e. The summed E-state index contributed by atoms with van der Waals surface area (Å²) in [6.45, 7) is 9.43. The first kappa shape index (κ1) is 33.2. The Morgan fingerprint density at radius 3 is 2.29 bits per heavy atom. The highest BCUT2D eigenvalue weighted by Gasteiger charge is 2.29. The highest BCUT2D eigenvalue weighted by Crippen LogP contribution is 2.32. The van der Waals surface area contributed by atoms with E-state index in [1.54, 1.807) is 6.07 Å². The van der Waals surface area contributed by atoms with E-state index >= 15 is 0 Å². The van der Waals surface area contributed by atoms with Gasteiger partial charge in [-0.2, -0.15) is 0 Å². The Hall–Kier alpha value is -3.17. The van der Waals surface area contributed by atoms with Crippen molar-refractivity contribution in [2.24, 2.45) is 11.8 Å². The fourth-order valence-electron chi connectivity index (χ4n) is 6.68. The van der Waals surface area contributed by atoms with Crippen molar-refractivity contribution in [2.75, 3.05) is 19.6 Å². The Balaban J connectivity index is 1.24. The van der Waals surface area contributed by atoms with Gasteiger partial charge in [-0.1, -0.05) is 45.0 Å². The molecule has 8 nitrogen and oxygen atoms in total. The molecular formula is C36H49N5O3S. The fraction of sp³-hybridized carbons (Fsp3) is 0.556. The minimum Gasteiger partial charge on any atom is -0.457 e.